The highest BCUT2D eigenvalue weighted by molar-refractivity contribution is 5.69. The van der Waals surface area contributed by atoms with Crippen LogP contribution in [-0.2, 0) is 4.79 Å². The zero-order valence-electron chi connectivity index (χ0n) is 7.58. The van der Waals surface area contributed by atoms with Crippen LogP contribution in [0, 0.1) is 5.92 Å². The van der Waals surface area contributed by atoms with Gasteiger partial charge >= 0.3 is 5.97 Å². The second-order valence-corrected chi connectivity index (χ2v) is 3.05. The fraction of sp³-hybridized carbons (Fsp3) is 0.444. The summed E-state index contributed by atoms with van der Waals surface area (Å²) >= 11 is 0. The minimum Gasteiger partial charge on any atom is -0.481 e. The van der Waals surface area contributed by atoms with Crippen LogP contribution in [0.4, 0.5) is 5.69 Å². The number of carboxylic acid groups (broad SMARTS) is 1. The van der Waals surface area contributed by atoms with Gasteiger partial charge in [0.15, 0.2) is 0 Å². The minimum atomic E-state index is -0.740. The van der Waals surface area contributed by atoms with Crippen LogP contribution < -0.4 is 5.32 Å². The number of aromatic nitrogens is 1. The summed E-state index contributed by atoms with van der Waals surface area (Å²) in [4.78, 5) is 13.4. The highest BCUT2D eigenvalue weighted by Crippen LogP contribution is 2.06. The van der Waals surface area contributed by atoms with Crippen molar-refractivity contribution in [2.75, 3.05) is 11.9 Å². The van der Waals surface area contributed by atoms with Crippen molar-refractivity contribution in [3.8, 4) is 0 Å². The van der Waals surface area contributed by atoms with Crippen LogP contribution >= 0.6 is 0 Å². The highest BCUT2D eigenvalue weighted by atomic mass is 16.4. The van der Waals surface area contributed by atoms with Crippen LogP contribution in [0.15, 0.2) is 18.5 Å². The molecule has 4 nitrogen and oxygen atoms in total. The van der Waals surface area contributed by atoms with Crippen molar-refractivity contribution in [1.29, 1.82) is 0 Å². The van der Waals surface area contributed by atoms with Crippen molar-refractivity contribution in [3.05, 3.63) is 18.5 Å². The molecule has 1 aromatic heterocycles. The average molecular weight is 182 g/mol. The molecule has 1 atom stereocenters. The number of H-pyrrole nitrogens is 1. The maximum Gasteiger partial charge on any atom is 0.306 e. The van der Waals surface area contributed by atoms with E-state index in [1.165, 1.54) is 0 Å². The number of nitrogens with one attached hydrogen (secondary N) is 2. The normalized spacial score (nSPS) is 12.4. The van der Waals surface area contributed by atoms with E-state index in [1.807, 2.05) is 18.5 Å². The lowest BCUT2D eigenvalue weighted by molar-refractivity contribution is -0.141. The maximum atomic E-state index is 10.5. The Labute approximate surface area is 77.0 Å². The standard InChI is InChI=1S/C9H14N2O2/c1-7(9(12)13)2-5-11-8-3-4-10-6-8/h3-4,6-7,10-11H,2,5H2,1H3,(H,12,13). The van der Waals surface area contributed by atoms with Gasteiger partial charge in [-0.25, -0.2) is 0 Å². The molecule has 0 spiro atoms. The molecule has 0 aliphatic carbocycles. The van der Waals surface area contributed by atoms with Gasteiger partial charge < -0.3 is 15.4 Å². The first-order chi connectivity index (χ1) is 6.20. The summed E-state index contributed by atoms with van der Waals surface area (Å²) in [5.74, 6) is -1.03. The van der Waals surface area contributed by atoms with E-state index >= 15 is 0 Å². The van der Waals surface area contributed by atoms with Gasteiger partial charge in [-0.1, -0.05) is 6.92 Å². The van der Waals surface area contributed by atoms with Crippen molar-refractivity contribution in [2.45, 2.75) is 13.3 Å². The van der Waals surface area contributed by atoms with Gasteiger partial charge in [0.1, 0.15) is 0 Å². The second-order valence-electron chi connectivity index (χ2n) is 3.05. The number of hydrogen-bond donors (Lipinski definition) is 3. The number of anilines is 1. The lowest BCUT2D eigenvalue weighted by Crippen LogP contribution is -2.14. The lowest BCUT2D eigenvalue weighted by Gasteiger charge is -2.06. The van der Waals surface area contributed by atoms with Crippen LogP contribution in [-0.4, -0.2) is 22.6 Å². The van der Waals surface area contributed by atoms with Crippen molar-refractivity contribution in [2.24, 2.45) is 5.92 Å². The summed E-state index contributed by atoms with van der Waals surface area (Å²) in [5.41, 5.74) is 0.998. The van der Waals surface area contributed by atoms with E-state index in [2.05, 4.69) is 10.3 Å². The van der Waals surface area contributed by atoms with Crippen LogP contribution in [0.2, 0.25) is 0 Å². The molecule has 1 aromatic rings. The third-order valence-corrected chi connectivity index (χ3v) is 1.93. The molecule has 0 bridgehead atoms. The molecule has 1 unspecified atom stereocenters. The molecule has 0 aliphatic rings. The summed E-state index contributed by atoms with van der Waals surface area (Å²) in [7, 11) is 0. The topological polar surface area (TPSA) is 65.1 Å². The zero-order valence-corrected chi connectivity index (χ0v) is 7.58. The Morgan fingerprint density at radius 2 is 2.54 bits per heavy atom. The van der Waals surface area contributed by atoms with E-state index in [-0.39, 0.29) is 5.92 Å². The molecule has 0 fully saturated rings. The molecule has 0 aliphatic heterocycles. The van der Waals surface area contributed by atoms with Gasteiger partial charge in [-0.05, 0) is 12.5 Å². The Bertz CT molecular complexity index is 257. The minimum absolute atomic E-state index is 0.286. The molecular weight excluding hydrogens is 168 g/mol. The smallest absolute Gasteiger partial charge is 0.306 e. The average Bonchev–Trinajstić information content (AvgIpc) is 2.56. The Morgan fingerprint density at radius 1 is 1.77 bits per heavy atom. The largest absolute Gasteiger partial charge is 0.481 e. The molecule has 0 saturated heterocycles. The molecular formula is C9H14N2O2. The highest BCUT2D eigenvalue weighted by Gasteiger charge is 2.09. The Hall–Kier alpha value is -1.45. The third kappa shape index (κ3) is 3.19. The maximum absolute atomic E-state index is 10.5. The van der Waals surface area contributed by atoms with E-state index in [1.54, 1.807) is 6.92 Å². The Balaban J connectivity index is 2.18. The van der Waals surface area contributed by atoms with Crippen LogP contribution in [0.5, 0.6) is 0 Å². The van der Waals surface area contributed by atoms with E-state index in [4.69, 9.17) is 5.11 Å². The van der Waals surface area contributed by atoms with Gasteiger partial charge in [0.05, 0.1) is 11.6 Å². The monoisotopic (exact) mass is 182 g/mol. The van der Waals surface area contributed by atoms with Crippen LogP contribution in [0.1, 0.15) is 13.3 Å². The first kappa shape index (κ1) is 9.64. The summed E-state index contributed by atoms with van der Waals surface area (Å²) in [6.07, 6.45) is 4.30. The molecule has 0 aromatic carbocycles. The number of aliphatic carboxylic acids is 1. The number of hydrogen-bond acceptors (Lipinski definition) is 2. The molecule has 0 saturated carbocycles. The van der Waals surface area contributed by atoms with E-state index in [0.717, 1.165) is 5.69 Å². The zero-order chi connectivity index (χ0) is 9.68. The first-order valence-electron chi connectivity index (χ1n) is 4.29. The quantitative estimate of drug-likeness (QED) is 0.647. The lowest BCUT2D eigenvalue weighted by atomic mass is 10.1. The second kappa shape index (κ2) is 4.54. The summed E-state index contributed by atoms with van der Waals surface area (Å²) < 4.78 is 0. The fourth-order valence-electron chi connectivity index (χ4n) is 0.990. The third-order valence-electron chi connectivity index (χ3n) is 1.93. The van der Waals surface area contributed by atoms with Crippen molar-refractivity contribution >= 4 is 11.7 Å². The van der Waals surface area contributed by atoms with E-state index in [9.17, 15) is 4.79 Å². The van der Waals surface area contributed by atoms with Gasteiger partial charge in [0.25, 0.3) is 0 Å². The fourth-order valence-corrected chi connectivity index (χ4v) is 0.990. The summed E-state index contributed by atoms with van der Waals surface area (Å²) in [6.45, 7) is 2.40. The van der Waals surface area contributed by atoms with Gasteiger partial charge in [-0.15, -0.1) is 0 Å². The molecule has 1 rings (SSSR count). The van der Waals surface area contributed by atoms with E-state index < -0.39 is 5.97 Å². The molecule has 4 heteroatoms. The summed E-state index contributed by atoms with van der Waals surface area (Å²) in [5, 5.41) is 11.7. The molecule has 72 valence electrons. The van der Waals surface area contributed by atoms with Crippen molar-refractivity contribution in [1.82, 2.24) is 4.98 Å². The molecule has 1 heterocycles. The first-order valence-corrected chi connectivity index (χ1v) is 4.29. The number of carbonyl (C=O) groups is 1. The Kier molecular flexibility index (Phi) is 3.37. The van der Waals surface area contributed by atoms with E-state index in [0.29, 0.717) is 13.0 Å². The number of carboxylic acids is 1. The van der Waals surface area contributed by atoms with Gasteiger partial charge in [-0.2, -0.15) is 0 Å². The molecule has 3 N–H and O–H groups in total. The SMILES string of the molecule is CC(CCNc1cc[nH]c1)C(=O)O. The predicted octanol–water partition coefficient (Wildman–Crippen LogP) is 1.54. The van der Waals surface area contributed by atoms with Crippen molar-refractivity contribution in [3.63, 3.8) is 0 Å². The molecule has 0 radical (unpaired) electrons. The Morgan fingerprint density at radius 3 is 3.08 bits per heavy atom. The number of aromatic amines is 1. The van der Waals surface area contributed by atoms with Gasteiger partial charge in [0, 0.05) is 18.9 Å². The molecule has 0 amide bonds. The van der Waals surface area contributed by atoms with Gasteiger partial charge in [-0.3, -0.25) is 4.79 Å². The molecule has 13 heavy (non-hydrogen) atoms. The van der Waals surface area contributed by atoms with Crippen molar-refractivity contribution < 1.29 is 9.90 Å². The van der Waals surface area contributed by atoms with Gasteiger partial charge in [0.2, 0.25) is 0 Å². The van der Waals surface area contributed by atoms with Crippen LogP contribution in [0.3, 0.4) is 0 Å². The predicted molar refractivity (Wildman–Crippen MR) is 50.7 cm³/mol. The number of rotatable bonds is 5. The van der Waals surface area contributed by atoms with Crippen LogP contribution in [0.25, 0.3) is 0 Å². The summed E-state index contributed by atoms with van der Waals surface area (Å²) in [6, 6.07) is 1.91.